The fourth-order valence-corrected chi connectivity index (χ4v) is 8.86. The molecule has 0 saturated heterocycles. The molecule has 1 N–H and O–H groups in total. The number of aliphatic hydroxyl groups is 1. The Morgan fingerprint density at radius 3 is 0.892 bits per heavy atom. The van der Waals surface area contributed by atoms with E-state index < -0.39 is 6.10 Å². The minimum atomic E-state index is -0.793. The van der Waals surface area contributed by atoms with Crippen LogP contribution in [-0.2, 0) is 19.1 Å². The predicted octanol–water partition coefficient (Wildman–Crippen LogP) is 21.6. The smallest absolute Gasteiger partial charge is 0.306 e. The summed E-state index contributed by atoms with van der Waals surface area (Å²) in [6.45, 7) is 4.03. The van der Waals surface area contributed by atoms with Gasteiger partial charge in [0, 0.05) is 12.8 Å². The van der Waals surface area contributed by atoms with E-state index >= 15 is 0 Å². The number of esters is 2. The van der Waals surface area contributed by atoms with Gasteiger partial charge in [0.2, 0.25) is 0 Å². The topological polar surface area (TPSA) is 72.8 Å². The molecular formula is C69H118O5. The van der Waals surface area contributed by atoms with Crippen LogP contribution in [0, 0.1) is 0 Å². The molecule has 0 saturated carbocycles. The summed E-state index contributed by atoms with van der Waals surface area (Å²) in [6, 6.07) is 0. The van der Waals surface area contributed by atoms with Crippen LogP contribution in [0.15, 0.2) is 109 Å². The molecule has 424 valence electrons. The quantitative estimate of drug-likeness (QED) is 0.0373. The number of rotatable bonds is 57. The Labute approximate surface area is 459 Å². The number of hydrogen-bond acceptors (Lipinski definition) is 5. The van der Waals surface area contributed by atoms with E-state index in [1.165, 1.54) is 167 Å². The van der Waals surface area contributed by atoms with Gasteiger partial charge in [0.15, 0.2) is 6.10 Å². The van der Waals surface area contributed by atoms with Gasteiger partial charge in [0.25, 0.3) is 0 Å². The highest BCUT2D eigenvalue weighted by molar-refractivity contribution is 5.70. The molecule has 0 fully saturated rings. The van der Waals surface area contributed by atoms with Crippen molar-refractivity contribution in [3.05, 3.63) is 109 Å². The first-order valence-corrected chi connectivity index (χ1v) is 31.4. The number of aliphatic hydroxyl groups excluding tert-OH is 1. The summed E-state index contributed by atoms with van der Waals surface area (Å²) >= 11 is 0. The molecule has 0 aliphatic rings. The molecule has 0 heterocycles. The second-order valence-corrected chi connectivity index (χ2v) is 20.8. The van der Waals surface area contributed by atoms with E-state index in [-0.39, 0.29) is 25.2 Å². The zero-order valence-corrected chi connectivity index (χ0v) is 48.6. The van der Waals surface area contributed by atoms with Gasteiger partial charge in [-0.05, 0) is 103 Å². The van der Waals surface area contributed by atoms with Gasteiger partial charge in [-0.2, -0.15) is 0 Å². The maximum atomic E-state index is 12.3. The molecule has 5 nitrogen and oxygen atoms in total. The molecule has 5 heteroatoms. The van der Waals surface area contributed by atoms with Gasteiger partial charge in [0.05, 0.1) is 6.61 Å². The standard InChI is InChI=1S/C69H118O5/c1-3-5-7-9-11-13-15-17-19-21-23-25-27-29-31-33-34-36-37-39-41-43-45-47-49-51-53-55-57-59-61-63-68(71)73-66-67(65-70)74-69(72)64-62-60-58-56-54-52-50-48-46-44-42-40-38-35-32-30-28-26-24-22-20-18-16-14-12-10-8-6-4-2/h6,8,12,14,18,20-21,23-24,26,30,32,38,40,44,46,50,52,67,70H,3-5,7,9-11,13,15-17,19,22,25,27-29,31,33-37,39,41-43,45,47-49,51,53-66H2,1-2H3/b8-6-,14-12-,20-18-,23-21-,26-24-,32-30-,40-38-,46-44-,52-50-. The Hall–Kier alpha value is -3.44. The molecule has 0 radical (unpaired) electrons. The normalized spacial score (nSPS) is 13.0. The van der Waals surface area contributed by atoms with Gasteiger partial charge in [-0.3, -0.25) is 9.59 Å². The van der Waals surface area contributed by atoms with E-state index in [2.05, 4.69) is 123 Å². The summed E-state index contributed by atoms with van der Waals surface area (Å²) in [4.78, 5) is 24.6. The summed E-state index contributed by atoms with van der Waals surface area (Å²) in [5.41, 5.74) is 0. The second-order valence-electron chi connectivity index (χ2n) is 20.8. The Balaban J connectivity index is 3.54. The third-order valence-electron chi connectivity index (χ3n) is 13.6. The zero-order chi connectivity index (χ0) is 53.4. The first-order chi connectivity index (χ1) is 36.6. The maximum absolute atomic E-state index is 12.3. The van der Waals surface area contributed by atoms with Crippen molar-refractivity contribution in [1.82, 2.24) is 0 Å². The molecule has 0 aromatic carbocycles. The molecule has 0 bridgehead atoms. The molecule has 0 rings (SSSR count). The molecule has 0 aliphatic carbocycles. The van der Waals surface area contributed by atoms with E-state index in [1.807, 2.05) is 0 Å². The number of ether oxygens (including phenoxy) is 2. The van der Waals surface area contributed by atoms with Gasteiger partial charge in [-0.1, -0.05) is 290 Å². The molecule has 0 amide bonds. The Morgan fingerprint density at radius 2 is 0.581 bits per heavy atom. The van der Waals surface area contributed by atoms with Crippen molar-refractivity contribution < 1.29 is 24.2 Å². The molecule has 0 aromatic heterocycles. The number of carbonyl (C=O) groups excluding carboxylic acids is 2. The third kappa shape index (κ3) is 61.1. The molecule has 1 atom stereocenters. The number of unbranched alkanes of at least 4 members (excludes halogenated alkanes) is 31. The molecule has 0 aromatic rings. The number of carbonyl (C=O) groups is 2. The maximum Gasteiger partial charge on any atom is 0.306 e. The highest BCUT2D eigenvalue weighted by Gasteiger charge is 2.16. The van der Waals surface area contributed by atoms with E-state index in [0.717, 1.165) is 103 Å². The summed E-state index contributed by atoms with van der Waals surface area (Å²) in [5.74, 6) is -0.616. The van der Waals surface area contributed by atoms with Gasteiger partial charge < -0.3 is 14.6 Å². The lowest BCUT2D eigenvalue weighted by atomic mass is 10.0. The van der Waals surface area contributed by atoms with Crippen LogP contribution in [0.2, 0.25) is 0 Å². The molecule has 0 aliphatic heterocycles. The fourth-order valence-electron chi connectivity index (χ4n) is 8.86. The first kappa shape index (κ1) is 70.6. The molecule has 74 heavy (non-hydrogen) atoms. The van der Waals surface area contributed by atoms with Crippen LogP contribution < -0.4 is 0 Å². The monoisotopic (exact) mass is 1030 g/mol. The SMILES string of the molecule is CC/C=C\C/C=C\C/C=C\C/C=C\C/C=C\C/C=C\C/C=C\C/C=C\CCCCCCC(=O)OC(CO)COC(=O)CCCCCCCCCCCCCCCCCCCCC/C=C\CCCCCCCCCC. The van der Waals surface area contributed by atoms with Crippen LogP contribution in [0.3, 0.4) is 0 Å². The van der Waals surface area contributed by atoms with Crippen LogP contribution in [0.25, 0.3) is 0 Å². The molecule has 0 spiro atoms. The Bertz CT molecular complexity index is 1440. The Kier molecular flexibility index (Phi) is 60.9. The first-order valence-electron chi connectivity index (χ1n) is 31.4. The van der Waals surface area contributed by atoms with Crippen LogP contribution >= 0.6 is 0 Å². The fraction of sp³-hybridized carbons (Fsp3) is 0.710. The van der Waals surface area contributed by atoms with Crippen molar-refractivity contribution >= 4 is 11.9 Å². The second kappa shape index (κ2) is 63.8. The minimum absolute atomic E-state index is 0.0802. The third-order valence-corrected chi connectivity index (χ3v) is 13.6. The largest absolute Gasteiger partial charge is 0.462 e. The zero-order valence-electron chi connectivity index (χ0n) is 48.6. The van der Waals surface area contributed by atoms with Gasteiger partial charge in [0.1, 0.15) is 6.61 Å². The lowest BCUT2D eigenvalue weighted by Gasteiger charge is -2.15. The number of allylic oxidation sites excluding steroid dienone is 18. The lowest BCUT2D eigenvalue weighted by molar-refractivity contribution is -0.161. The summed E-state index contributed by atoms with van der Waals surface area (Å²) < 4.78 is 10.7. The van der Waals surface area contributed by atoms with Crippen LogP contribution in [0.5, 0.6) is 0 Å². The van der Waals surface area contributed by atoms with Crippen LogP contribution in [-0.4, -0.2) is 36.4 Å². The lowest BCUT2D eigenvalue weighted by Crippen LogP contribution is -2.28. The van der Waals surface area contributed by atoms with E-state index in [9.17, 15) is 14.7 Å². The molecular weight excluding hydrogens is 909 g/mol. The number of hydrogen-bond donors (Lipinski definition) is 1. The molecule has 1 unspecified atom stereocenters. The van der Waals surface area contributed by atoms with Gasteiger partial charge in [-0.15, -0.1) is 0 Å². The Morgan fingerprint density at radius 1 is 0.324 bits per heavy atom. The average molecular weight is 1030 g/mol. The summed E-state index contributed by atoms with van der Waals surface area (Å²) in [6.07, 6.45) is 92.3. The predicted molar refractivity (Wildman–Crippen MR) is 325 cm³/mol. The summed E-state index contributed by atoms with van der Waals surface area (Å²) in [7, 11) is 0. The van der Waals surface area contributed by atoms with Crippen LogP contribution in [0.4, 0.5) is 0 Å². The highest BCUT2D eigenvalue weighted by Crippen LogP contribution is 2.17. The average Bonchev–Trinajstić information content (AvgIpc) is 3.40. The van der Waals surface area contributed by atoms with Crippen molar-refractivity contribution in [3.63, 3.8) is 0 Å². The van der Waals surface area contributed by atoms with Crippen molar-refractivity contribution in [3.8, 4) is 0 Å². The van der Waals surface area contributed by atoms with E-state index in [1.54, 1.807) is 0 Å². The van der Waals surface area contributed by atoms with Gasteiger partial charge >= 0.3 is 11.9 Å². The van der Waals surface area contributed by atoms with Crippen molar-refractivity contribution in [2.45, 2.75) is 302 Å². The van der Waals surface area contributed by atoms with Crippen molar-refractivity contribution in [2.75, 3.05) is 13.2 Å². The highest BCUT2D eigenvalue weighted by atomic mass is 16.6. The van der Waals surface area contributed by atoms with Gasteiger partial charge in [-0.25, -0.2) is 0 Å². The van der Waals surface area contributed by atoms with Crippen molar-refractivity contribution in [1.29, 1.82) is 0 Å². The van der Waals surface area contributed by atoms with E-state index in [4.69, 9.17) is 9.47 Å². The van der Waals surface area contributed by atoms with Crippen LogP contribution in [0.1, 0.15) is 296 Å². The minimum Gasteiger partial charge on any atom is -0.462 e. The van der Waals surface area contributed by atoms with E-state index in [0.29, 0.717) is 12.8 Å². The van der Waals surface area contributed by atoms with Crippen molar-refractivity contribution in [2.24, 2.45) is 0 Å². The summed E-state index contributed by atoms with van der Waals surface area (Å²) in [5, 5.41) is 9.67.